The number of aryl methyl sites for hydroxylation is 1. The first-order valence-corrected chi connectivity index (χ1v) is 8.18. The monoisotopic (exact) mass is 287 g/mol. The largest absolute Gasteiger partial charge is 0.350 e. The Morgan fingerprint density at radius 2 is 2.29 bits per heavy atom. The van der Waals surface area contributed by atoms with Crippen molar-refractivity contribution in [2.45, 2.75) is 64.3 Å². The predicted molar refractivity (Wildman–Crippen MR) is 83.1 cm³/mol. The molecule has 1 heterocycles. The first kappa shape index (κ1) is 14.4. The van der Waals surface area contributed by atoms with Gasteiger partial charge < -0.3 is 10.3 Å². The van der Waals surface area contributed by atoms with Gasteiger partial charge in [-0.15, -0.1) is 0 Å². The zero-order chi connectivity index (χ0) is 14.8. The molecule has 2 aliphatic carbocycles. The van der Waals surface area contributed by atoms with Gasteiger partial charge in [-0.25, -0.2) is 4.98 Å². The smallest absolute Gasteiger partial charge is 0.223 e. The number of hydrogen-bond acceptors (Lipinski definition) is 2. The number of nitrogens with one attached hydrogen (secondary N) is 2. The van der Waals surface area contributed by atoms with Crippen LogP contribution in [0.25, 0.3) is 0 Å². The minimum absolute atomic E-state index is 0.0910. The van der Waals surface area contributed by atoms with Gasteiger partial charge in [-0.3, -0.25) is 4.79 Å². The van der Waals surface area contributed by atoms with Crippen LogP contribution in [0, 0.1) is 5.92 Å². The normalized spacial score (nSPS) is 24.9. The number of aromatic amines is 1. The summed E-state index contributed by atoms with van der Waals surface area (Å²) in [6.07, 6.45) is 10.3. The van der Waals surface area contributed by atoms with Gasteiger partial charge in [0.15, 0.2) is 0 Å². The van der Waals surface area contributed by atoms with Crippen molar-refractivity contribution in [2.24, 2.45) is 5.92 Å². The molecule has 2 unspecified atom stereocenters. The van der Waals surface area contributed by atoms with Crippen LogP contribution in [-0.4, -0.2) is 21.9 Å². The van der Waals surface area contributed by atoms with Crippen LogP contribution in [0.2, 0.25) is 0 Å². The molecule has 21 heavy (non-hydrogen) atoms. The number of nitrogens with zero attached hydrogens (tertiary/aromatic N) is 1. The molecule has 1 aromatic heterocycles. The molecule has 0 fully saturated rings. The van der Waals surface area contributed by atoms with Crippen molar-refractivity contribution in [3.05, 3.63) is 29.4 Å². The number of aromatic nitrogens is 2. The zero-order valence-electron chi connectivity index (χ0n) is 13.0. The second kappa shape index (κ2) is 6.04. The van der Waals surface area contributed by atoms with Crippen LogP contribution >= 0.6 is 0 Å². The van der Waals surface area contributed by atoms with E-state index >= 15 is 0 Å². The highest BCUT2D eigenvalue weighted by Crippen LogP contribution is 2.26. The van der Waals surface area contributed by atoms with Crippen LogP contribution in [0.1, 0.15) is 62.7 Å². The number of fused-ring (bicyclic) bond motifs is 1. The van der Waals surface area contributed by atoms with Crippen molar-refractivity contribution in [3.8, 4) is 0 Å². The highest BCUT2D eigenvalue weighted by atomic mass is 16.1. The van der Waals surface area contributed by atoms with Crippen LogP contribution < -0.4 is 5.32 Å². The molecule has 4 heteroatoms. The van der Waals surface area contributed by atoms with E-state index in [9.17, 15) is 4.79 Å². The Balaban J connectivity index is 1.63. The van der Waals surface area contributed by atoms with Crippen LogP contribution in [0.15, 0.2) is 12.2 Å². The van der Waals surface area contributed by atoms with Gasteiger partial charge in [0.1, 0.15) is 5.82 Å². The highest BCUT2D eigenvalue weighted by molar-refractivity contribution is 5.79. The summed E-state index contributed by atoms with van der Waals surface area (Å²) in [6, 6.07) is 0.237. The number of carbonyl (C=O) groups excluding carboxylic acids is 1. The zero-order valence-corrected chi connectivity index (χ0v) is 13.0. The molecule has 2 N–H and O–H groups in total. The van der Waals surface area contributed by atoms with E-state index in [1.807, 2.05) is 0 Å². The fraction of sp³-hybridized carbons (Fsp3) is 0.647. The maximum atomic E-state index is 12.4. The van der Waals surface area contributed by atoms with Gasteiger partial charge in [-0.2, -0.15) is 0 Å². The van der Waals surface area contributed by atoms with Crippen molar-refractivity contribution in [2.75, 3.05) is 0 Å². The predicted octanol–water partition coefficient (Wildman–Crippen LogP) is 2.86. The summed E-state index contributed by atoms with van der Waals surface area (Å²) < 4.78 is 0. The second-order valence-electron chi connectivity index (χ2n) is 6.62. The van der Waals surface area contributed by atoms with Crippen LogP contribution in [0.5, 0.6) is 0 Å². The van der Waals surface area contributed by atoms with E-state index in [2.05, 4.69) is 41.3 Å². The van der Waals surface area contributed by atoms with Gasteiger partial charge >= 0.3 is 0 Å². The average molecular weight is 287 g/mol. The molecule has 0 aliphatic heterocycles. The molecule has 1 amide bonds. The first-order valence-electron chi connectivity index (χ1n) is 8.18. The average Bonchev–Trinajstić information content (AvgIpc) is 2.91. The number of imidazole rings is 1. The maximum Gasteiger partial charge on any atom is 0.223 e. The molecule has 0 bridgehead atoms. The molecule has 0 aromatic carbocycles. The third kappa shape index (κ3) is 3.20. The Labute approximate surface area is 126 Å². The van der Waals surface area contributed by atoms with E-state index in [0.717, 1.165) is 37.9 Å². The fourth-order valence-corrected chi connectivity index (χ4v) is 3.23. The molecule has 1 aromatic rings. The molecule has 0 radical (unpaired) electrons. The van der Waals surface area contributed by atoms with Crippen molar-refractivity contribution < 1.29 is 4.79 Å². The molecular weight excluding hydrogens is 262 g/mol. The summed E-state index contributed by atoms with van der Waals surface area (Å²) in [5.41, 5.74) is 2.34. The minimum Gasteiger partial charge on any atom is -0.350 e. The van der Waals surface area contributed by atoms with Crippen LogP contribution in [-0.2, 0) is 17.6 Å². The van der Waals surface area contributed by atoms with Crippen LogP contribution in [0.4, 0.5) is 0 Å². The third-order valence-electron chi connectivity index (χ3n) is 4.56. The standard InChI is InChI=1S/C17H25N3O/c1-11(2)16-19-14-9-8-12(10-15(14)20-16)17(21)18-13-6-4-3-5-7-13/h4,6,11-13H,3,5,7-10H2,1-2H3,(H,18,21)(H,19,20). The molecule has 0 spiro atoms. The first-order chi connectivity index (χ1) is 10.1. The van der Waals surface area contributed by atoms with E-state index in [0.29, 0.717) is 5.92 Å². The number of carbonyl (C=O) groups is 1. The van der Waals surface area contributed by atoms with Crippen molar-refractivity contribution in [3.63, 3.8) is 0 Å². The SMILES string of the molecule is CC(C)c1nc2c([nH]1)CC(C(=O)NC1C=CCCC1)CC2. The Kier molecular flexibility index (Phi) is 4.13. The third-order valence-corrected chi connectivity index (χ3v) is 4.56. The summed E-state index contributed by atoms with van der Waals surface area (Å²) in [5, 5.41) is 3.19. The Bertz CT molecular complexity index is 544. The number of rotatable bonds is 3. The summed E-state index contributed by atoms with van der Waals surface area (Å²) in [5.74, 6) is 1.76. The number of amides is 1. The van der Waals surface area contributed by atoms with Gasteiger partial charge in [-0.05, 0) is 32.1 Å². The molecule has 0 saturated carbocycles. The lowest BCUT2D eigenvalue weighted by Gasteiger charge is -2.24. The van der Waals surface area contributed by atoms with Gasteiger partial charge in [0.05, 0.1) is 5.69 Å². The van der Waals surface area contributed by atoms with Gasteiger partial charge in [-0.1, -0.05) is 26.0 Å². The second-order valence-corrected chi connectivity index (χ2v) is 6.62. The number of allylic oxidation sites excluding steroid dienone is 1. The highest BCUT2D eigenvalue weighted by Gasteiger charge is 2.28. The Morgan fingerprint density at radius 1 is 1.43 bits per heavy atom. The van der Waals surface area contributed by atoms with E-state index in [4.69, 9.17) is 0 Å². The van der Waals surface area contributed by atoms with Gasteiger partial charge in [0, 0.05) is 30.0 Å². The van der Waals surface area contributed by atoms with E-state index in [1.165, 1.54) is 17.8 Å². The molecule has 2 aliphatic rings. The summed E-state index contributed by atoms with van der Waals surface area (Å²) in [6.45, 7) is 4.29. The van der Waals surface area contributed by atoms with Gasteiger partial charge in [0.25, 0.3) is 0 Å². The lowest BCUT2D eigenvalue weighted by atomic mass is 9.88. The minimum atomic E-state index is 0.0910. The molecule has 114 valence electrons. The Morgan fingerprint density at radius 3 is 3.00 bits per heavy atom. The molecule has 2 atom stereocenters. The van der Waals surface area contributed by atoms with Crippen molar-refractivity contribution >= 4 is 5.91 Å². The quantitative estimate of drug-likeness (QED) is 0.840. The van der Waals surface area contributed by atoms with E-state index in [-0.39, 0.29) is 17.9 Å². The van der Waals surface area contributed by atoms with E-state index < -0.39 is 0 Å². The fourth-order valence-electron chi connectivity index (χ4n) is 3.23. The van der Waals surface area contributed by atoms with E-state index in [1.54, 1.807) is 0 Å². The summed E-state index contributed by atoms with van der Waals surface area (Å²) >= 11 is 0. The van der Waals surface area contributed by atoms with Crippen LogP contribution in [0.3, 0.4) is 0 Å². The maximum absolute atomic E-state index is 12.4. The number of H-pyrrole nitrogens is 1. The lowest BCUT2D eigenvalue weighted by Crippen LogP contribution is -2.40. The summed E-state index contributed by atoms with van der Waals surface area (Å²) in [4.78, 5) is 20.5. The molecule has 3 rings (SSSR count). The molecular formula is C17H25N3O. The van der Waals surface area contributed by atoms with Crippen molar-refractivity contribution in [1.29, 1.82) is 0 Å². The lowest BCUT2D eigenvalue weighted by molar-refractivity contribution is -0.125. The Hall–Kier alpha value is -1.58. The number of hydrogen-bond donors (Lipinski definition) is 2. The molecule has 0 saturated heterocycles. The van der Waals surface area contributed by atoms with Gasteiger partial charge in [0.2, 0.25) is 5.91 Å². The summed E-state index contributed by atoms with van der Waals surface area (Å²) in [7, 11) is 0. The topological polar surface area (TPSA) is 57.8 Å². The molecule has 4 nitrogen and oxygen atoms in total. The van der Waals surface area contributed by atoms with Crippen molar-refractivity contribution in [1.82, 2.24) is 15.3 Å².